The van der Waals surface area contributed by atoms with Gasteiger partial charge in [0, 0.05) is 11.1 Å². The van der Waals surface area contributed by atoms with Gasteiger partial charge in [0.2, 0.25) is 0 Å². The summed E-state index contributed by atoms with van der Waals surface area (Å²) in [6, 6.07) is 13.4. The number of nitrogens with one attached hydrogen (secondary N) is 2. The highest BCUT2D eigenvalue weighted by Gasteiger charge is 2.41. The van der Waals surface area contributed by atoms with Gasteiger partial charge in [0.05, 0.1) is 6.54 Å². The van der Waals surface area contributed by atoms with E-state index in [1.54, 1.807) is 0 Å². The zero-order chi connectivity index (χ0) is 18.1. The quantitative estimate of drug-likeness (QED) is 0.836. The number of aliphatic imine (C=N–C) groups is 1. The molecule has 0 saturated carbocycles. The molecule has 1 fully saturated rings. The Bertz CT molecular complexity index is 845. The highest BCUT2D eigenvalue weighted by molar-refractivity contribution is 6.02. The summed E-state index contributed by atoms with van der Waals surface area (Å²) < 4.78 is 0. The van der Waals surface area contributed by atoms with Crippen molar-refractivity contribution in [2.45, 2.75) is 46.6 Å². The minimum atomic E-state index is 0.157. The molecule has 0 aromatic heterocycles. The molecule has 3 heteroatoms. The maximum absolute atomic E-state index is 5.10. The van der Waals surface area contributed by atoms with Gasteiger partial charge in [-0.05, 0) is 81.4 Å². The molecule has 2 aromatic carbocycles. The lowest BCUT2D eigenvalue weighted by molar-refractivity contribution is 0.293. The van der Waals surface area contributed by atoms with Gasteiger partial charge in [0.15, 0.2) is 0 Å². The fraction of sp³-hybridized carbons (Fsp3) is 0.435. The summed E-state index contributed by atoms with van der Waals surface area (Å²) >= 11 is 0. The van der Waals surface area contributed by atoms with E-state index in [1.165, 1.54) is 39.3 Å². The van der Waals surface area contributed by atoms with Crippen molar-refractivity contribution >= 4 is 11.5 Å². The first-order valence-electron chi connectivity index (χ1n) is 9.74. The van der Waals surface area contributed by atoms with E-state index >= 15 is 0 Å². The first-order valence-corrected chi connectivity index (χ1v) is 9.74. The molecule has 1 spiro atoms. The molecule has 26 heavy (non-hydrogen) atoms. The molecule has 4 rings (SSSR count). The smallest absolute Gasteiger partial charge is 0.108 e. The van der Waals surface area contributed by atoms with Crippen molar-refractivity contribution < 1.29 is 0 Å². The van der Waals surface area contributed by atoms with E-state index in [-0.39, 0.29) is 5.41 Å². The van der Waals surface area contributed by atoms with Crippen LogP contribution in [0.15, 0.2) is 41.4 Å². The van der Waals surface area contributed by atoms with Gasteiger partial charge in [-0.1, -0.05) is 35.9 Å². The number of hydrogen-bond acceptors (Lipinski definition) is 2. The van der Waals surface area contributed by atoms with Crippen molar-refractivity contribution in [3.8, 4) is 0 Å². The van der Waals surface area contributed by atoms with Gasteiger partial charge in [-0.3, -0.25) is 4.99 Å². The SMILES string of the molecule is Cc1cccc(CN=C2Nc3cc(C)c(C)cc3CC23CCNCC3)c1. The lowest BCUT2D eigenvalue weighted by Crippen LogP contribution is -2.48. The second-order valence-electron chi connectivity index (χ2n) is 8.08. The van der Waals surface area contributed by atoms with Crippen LogP contribution in [-0.2, 0) is 13.0 Å². The van der Waals surface area contributed by atoms with Crippen molar-refractivity contribution in [1.82, 2.24) is 5.32 Å². The first-order chi connectivity index (χ1) is 12.6. The van der Waals surface area contributed by atoms with E-state index in [0.29, 0.717) is 0 Å². The average Bonchev–Trinajstić information content (AvgIpc) is 2.62. The Morgan fingerprint density at radius 3 is 2.54 bits per heavy atom. The summed E-state index contributed by atoms with van der Waals surface area (Å²) in [5, 5.41) is 7.25. The normalized spacial score (nSPS) is 20.0. The second kappa shape index (κ2) is 6.88. The molecule has 0 unspecified atom stereocenters. The molecule has 1 saturated heterocycles. The van der Waals surface area contributed by atoms with E-state index in [4.69, 9.17) is 4.99 Å². The first kappa shape index (κ1) is 17.3. The van der Waals surface area contributed by atoms with Crippen LogP contribution in [0.5, 0.6) is 0 Å². The summed E-state index contributed by atoms with van der Waals surface area (Å²) in [7, 11) is 0. The van der Waals surface area contributed by atoms with Crippen LogP contribution < -0.4 is 10.6 Å². The van der Waals surface area contributed by atoms with Crippen LogP contribution >= 0.6 is 0 Å². The minimum absolute atomic E-state index is 0.157. The molecule has 0 bridgehead atoms. The molecule has 136 valence electrons. The van der Waals surface area contributed by atoms with Crippen LogP contribution in [0, 0.1) is 26.2 Å². The van der Waals surface area contributed by atoms with Crippen LogP contribution in [0.4, 0.5) is 5.69 Å². The number of benzene rings is 2. The van der Waals surface area contributed by atoms with Gasteiger partial charge in [0.1, 0.15) is 5.84 Å². The van der Waals surface area contributed by atoms with Crippen LogP contribution in [0.3, 0.4) is 0 Å². The van der Waals surface area contributed by atoms with Gasteiger partial charge in [-0.2, -0.15) is 0 Å². The van der Waals surface area contributed by atoms with Gasteiger partial charge < -0.3 is 10.6 Å². The average molecular weight is 348 g/mol. The van der Waals surface area contributed by atoms with Crippen LogP contribution in [0.2, 0.25) is 0 Å². The molecule has 0 aliphatic carbocycles. The van der Waals surface area contributed by atoms with E-state index < -0.39 is 0 Å². The monoisotopic (exact) mass is 347 g/mol. The molecular weight excluding hydrogens is 318 g/mol. The molecule has 2 heterocycles. The van der Waals surface area contributed by atoms with E-state index in [0.717, 1.165) is 38.9 Å². The van der Waals surface area contributed by atoms with Crippen molar-refractivity contribution in [3.63, 3.8) is 0 Å². The Balaban J connectivity index is 1.70. The van der Waals surface area contributed by atoms with Crippen LogP contribution in [0.1, 0.15) is 40.7 Å². The fourth-order valence-corrected chi connectivity index (χ4v) is 4.35. The predicted molar refractivity (Wildman–Crippen MR) is 110 cm³/mol. The van der Waals surface area contributed by atoms with Crippen molar-refractivity contribution in [1.29, 1.82) is 0 Å². The number of piperidine rings is 1. The molecule has 0 amide bonds. The molecule has 2 aliphatic rings. The van der Waals surface area contributed by atoms with Crippen molar-refractivity contribution in [2.24, 2.45) is 10.4 Å². The number of amidine groups is 1. The molecular formula is C23H29N3. The Morgan fingerprint density at radius 2 is 1.77 bits per heavy atom. The highest BCUT2D eigenvalue weighted by Crippen LogP contribution is 2.41. The number of fused-ring (bicyclic) bond motifs is 1. The fourth-order valence-electron chi connectivity index (χ4n) is 4.35. The molecule has 2 aliphatic heterocycles. The van der Waals surface area contributed by atoms with Gasteiger partial charge in [0.25, 0.3) is 0 Å². The molecule has 0 atom stereocenters. The number of anilines is 1. The molecule has 2 N–H and O–H groups in total. The highest BCUT2D eigenvalue weighted by atomic mass is 15.0. The van der Waals surface area contributed by atoms with Crippen LogP contribution in [0.25, 0.3) is 0 Å². The number of aryl methyl sites for hydroxylation is 3. The summed E-state index contributed by atoms with van der Waals surface area (Å²) in [6.45, 7) is 9.45. The maximum atomic E-state index is 5.10. The standard InChI is InChI=1S/C23H29N3/c1-16-5-4-6-19(11-16)15-25-22-23(7-9-24-10-8-23)14-20-12-17(2)18(3)13-21(20)26-22/h4-6,11-13,24H,7-10,14-15H2,1-3H3,(H,25,26). The van der Waals surface area contributed by atoms with Gasteiger partial charge >= 0.3 is 0 Å². The third-order valence-corrected chi connectivity index (χ3v) is 6.07. The van der Waals surface area contributed by atoms with E-state index in [9.17, 15) is 0 Å². The zero-order valence-corrected chi connectivity index (χ0v) is 16.2. The number of hydrogen-bond donors (Lipinski definition) is 2. The Morgan fingerprint density at radius 1 is 1.00 bits per heavy atom. The minimum Gasteiger partial charge on any atom is -0.343 e. The summed E-state index contributed by atoms with van der Waals surface area (Å²) in [5.74, 6) is 1.19. The second-order valence-corrected chi connectivity index (χ2v) is 8.08. The maximum Gasteiger partial charge on any atom is 0.108 e. The molecule has 3 nitrogen and oxygen atoms in total. The number of rotatable bonds is 2. The topological polar surface area (TPSA) is 36.4 Å². The molecule has 0 radical (unpaired) electrons. The lowest BCUT2D eigenvalue weighted by atomic mass is 9.70. The zero-order valence-electron chi connectivity index (χ0n) is 16.2. The number of nitrogens with zero attached hydrogens (tertiary/aromatic N) is 1. The van der Waals surface area contributed by atoms with E-state index in [1.807, 2.05) is 0 Å². The Kier molecular flexibility index (Phi) is 4.58. The molecule has 2 aromatic rings. The summed E-state index contributed by atoms with van der Waals surface area (Å²) in [6.07, 6.45) is 3.41. The van der Waals surface area contributed by atoms with Gasteiger partial charge in [-0.15, -0.1) is 0 Å². The lowest BCUT2D eigenvalue weighted by Gasteiger charge is -2.43. The van der Waals surface area contributed by atoms with Gasteiger partial charge in [-0.25, -0.2) is 0 Å². The largest absolute Gasteiger partial charge is 0.343 e. The summed E-state index contributed by atoms with van der Waals surface area (Å²) in [4.78, 5) is 5.10. The Labute approximate surface area is 156 Å². The van der Waals surface area contributed by atoms with Crippen molar-refractivity contribution in [2.75, 3.05) is 18.4 Å². The third-order valence-electron chi connectivity index (χ3n) is 6.07. The van der Waals surface area contributed by atoms with Crippen LogP contribution in [-0.4, -0.2) is 18.9 Å². The van der Waals surface area contributed by atoms with E-state index in [2.05, 4.69) is 67.8 Å². The predicted octanol–water partition coefficient (Wildman–Crippen LogP) is 4.55. The third kappa shape index (κ3) is 3.28. The van der Waals surface area contributed by atoms with Crippen molar-refractivity contribution in [3.05, 3.63) is 64.2 Å². The summed E-state index contributed by atoms with van der Waals surface area (Å²) in [5.41, 5.74) is 8.17. The Hall–Kier alpha value is -2.13.